The molecule has 3 rings (SSSR count). The SMILES string of the molecule is CN(Cc1ccc(F)cc1C#N)CC1CCc2nccn2C1. The molecule has 0 bridgehead atoms. The van der Waals surface area contributed by atoms with Gasteiger partial charge in [0, 0.05) is 38.4 Å². The zero-order chi connectivity index (χ0) is 15.5. The van der Waals surface area contributed by atoms with Crippen LogP contribution < -0.4 is 0 Å². The summed E-state index contributed by atoms with van der Waals surface area (Å²) >= 11 is 0. The summed E-state index contributed by atoms with van der Waals surface area (Å²) in [4.78, 5) is 6.56. The van der Waals surface area contributed by atoms with Crippen LogP contribution in [0, 0.1) is 23.1 Å². The van der Waals surface area contributed by atoms with Crippen LogP contribution in [-0.4, -0.2) is 28.0 Å². The van der Waals surface area contributed by atoms with Crippen LogP contribution in [0.5, 0.6) is 0 Å². The summed E-state index contributed by atoms with van der Waals surface area (Å²) in [6, 6.07) is 6.51. The molecule has 1 atom stereocenters. The number of hydrogen-bond acceptors (Lipinski definition) is 3. The van der Waals surface area contributed by atoms with Gasteiger partial charge in [-0.15, -0.1) is 0 Å². The minimum atomic E-state index is -0.358. The molecule has 0 amide bonds. The van der Waals surface area contributed by atoms with Gasteiger partial charge in [0.15, 0.2) is 0 Å². The molecule has 0 spiro atoms. The highest BCUT2D eigenvalue weighted by molar-refractivity contribution is 5.37. The van der Waals surface area contributed by atoms with E-state index in [2.05, 4.69) is 20.5 Å². The average molecular weight is 298 g/mol. The van der Waals surface area contributed by atoms with E-state index in [1.165, 1.54) is 18.0 Å². The molecule has 1 aromatic heterocycles. The lowest BCUT2D eigenvalue weighted by Gasteiger charge is -2.28. The minimum absolute atomic E-state index is 0.358. The maximum Gasteiger partial charge on any atom is 0.124 e. The summed E-state index contributed by atoms with van der Waals surface area (Å²) in [6.07, 6.45) is 6.05. The topological polar surface area (TPSA) is 44.9 Å². The zero-order valence-electron chi connectivity index (χ0n) is 12.7. The van der Waals surface area contributed by atoms with E-state index in [1.54, 1.807) is 6.07 Å². The fourth-order valence-corrected chi connectivity index (χ4v) is 3.17. The third kappa shape index (κ3) is 3.18. The van der Waals surface area contributed by atoms with E-state index in [4.69, 9.17) is 5.26 Å². The van der Waals surface area contributed by atoms with Crippen molar-refractivity contribution in [1.29, 1.82) is 5.26 Å². The molecule has 2 aromatic rings. The Hall–Kier alpha value is -2.19. The number of nitrogens with zero attached hydrogens (tertiary/aromatic N) is 4. The second-order valence-corrected chi connectivity index (χ2v) is 6.01. The van der Waals surface area contributed by atoms with Gasteiger partial charge in [0.1, 0.15) is 11.6 Å². The van der Waals surface area contributed by atoms with Crippen molar-refractivity contribution in [2.75, 3.05) is 13.6 Å². The van der Waals surface area contributed by atoms with Gasteiger partial charge in [-0.1, -0.05) is 6.07 Å². The molecular formula is C17H19FN4. The number of rotatable bonds is 4. The first-order valence-corrected chi connectivity index (χ1v) is 7.53. The molecule has 0 aliphatic carbocycles. The molecule has 0 N–H and O–H groups in total. The Labute approximate surface area is 129 Å². The van der Waals surface area contributed by atoms with Gasteiger partial charge in [0.2, 0.25) is 0 Å². The third-order valence-corrected chi connectivity index (χ3v) is 4.24. The number of nitriles is 1. The maximum absolute atomic E-state index is 13.2. The zero-order valence-corrected chi connectivity index (χ0v) is 12.7. The summed E-state index contributed by atoms with van der Waals surface area (Å²) in [5, 5.41) is 9.12. The van der Waals surface area contributed by atoms with Gasteiger partial charge >= 0.3 is 0 Å². The van der Waals surface area contributed by atoms with Crippen molar-refractivity contribution >= 4 is 0 Å². The molecule has 4 nitrogen and oxygen atoms in total. The molecule has 1 aliphatic rings. The Morgan fingerprint density at radius 1 is 1.50 bits per heavy atom. The van der Waals surface area contributed by atoms with E-state index in [9.17, 15) is 4.39 Å². The Balaban J connectivity index is 1.62. The van der Waals surface area contributed by atoms with E-state index in [1.807, 2.05) is 19.4 Å². The average Bonchev–Trinajstić information content (AvgIpc) is 2.96. The van der Waals surface area contributed by atoms with E-state index in [-0.39, 0.29) is 5.82 Å². The van der Waals surface area contributed by atoms with E-state index < -0.39 is 0 Å². The molecule has 1 aromatic carbocycles. The lowest BCUT2D eigenvalue weighted by atomic mass is 9.98. The van der Waals surface area contributed by atoms with Gasteiger partial charge in [0.05, 0.1) is 11.6 Å². The van der Waals surface area contributed by atoms with Crippen LogP contribution in [0.2, 0.25) is 0 Å². The normalized spacial score (nSPS) is 17.3. The van der Waals surface area contributed by atoms with Crippen LogP contribution in [0.15, 0.2) is 30.6 Å². The van der Waals surface area contributed by atoms with Crippen LogP contribution >= 0.6 is 0 Å². The maximum atomic E-state index is 13.2. The monoisotopic (exact) mass is 298 g/mol. The van der Waals surface area contributed by atoms with Crippen molar-refractivity contribution in [1.82, 2.24) is 14.5 Å². The highest BCUT2D eigenvalue weighted by atomic mass is 19.1. The molecule has 22 heavy (non-hydrogen) atoms. The fourth-order valence-electron chi connectivity index (χ4n) is 3.17. The molecule has 0 fully saturated rings. The predicted molar refractivity (Wildman–Crippen MR) is 81.5 cm³/mol. The molecule has 1 unspecified atom stereocenters. The lowest BCUT2D eigenvalue weighted by Crippen LogP contribution is -2.31. The summed E-state index contributed by atoms with van der Waals surface area (Å²) in [7, 11) is 2.05. The largest absolute Gasteiger partial charge is 0.335 e. The highest BCUT2D eigenvalue weighted by Gasteiger charge is 2.20. The van der Waals surface area contributed by atoms with Crippen LogP contribution in [0.4, 0.5) is 4.39 Å². The van der Waals surface area contributed by atoms with Gasteiger partial charge in [0.25, 0.3) is 0 Å². The summed E-state index contributed by atoms with van der Waals surface area (Å²) < 4.78 is 15.4. The summed E-state index contributed by atoms with van der Waals surface area (Å²) in [6.45, 7) is 2.62. The predicted octanol–water partition coefficient (Wildman–Crippen LogP) is 2.59. The Bertz CT molecular complexity index is 701. The third-order valence-electron chi connectivity index (χ3n) is 4.24. The minimum Gasteiger partial charge on any atom is -0.335 e. The fraction of sp³-hybridized carbons (Fsp3) is 0.412. The highest BCUT2D eigenvalue weighted by Crippen LogP contribution is 2.20. The van der Waals surface area contributed by atoms with Crippen molar-refractivity contribution < 1.29 is 4.39 Å². The standard InChI is InChI=1S/C17H19FN4/c1-21(12-14-3-4-16(18)8-15(14)9-19)10-13-2-5-17-20-6-7-22(17)11-13/h3-4,6-8,13H,2,5,10-12H2,1H3. The lowest BCUT2D eigenvalue weighted by molar-refractivity contribution is 0.229. The molecule has 0 saturated carbocycles. The van der Waals surface area contributed by atoms with Gasteiger partial charge in [-0.3, -0.25) is 0 Å². The second kappa shape index (κ2) is 6.29. The van der Waals surface area contributed by atoms with Gasteiger partial charge in [-0.2, -0.15) is 5.26 Å². The number of aryl methyl sites for hydroxylation is 1. The van der Waals surface area contributed by atoms with Crippen molar-refractivity contribution in [2.24, 2.45) is 5.92 Å². The van der Waals surface area contributed by atoms with Gasteiger partial charge in [-0.05, 0) is 37.1 Å². The molecule has 0 saturated heterocycles. The number of imidazole rings is 1. The Kier molecular flexibility index (Phi) is 4.21. The molecular weight excluding hydrogens is 279 g/mol. The van der Waals surface area contributed by atoms with Gasteiger partial charge < -0.3 is 9.47 Å². The quantitative estimate of drug-likeness (QED) is 0.871. The van der Waals surface area contributed by atoms with Crippen LogP contribution in [0.1, 0.15) is 23.4 Å². The molecule has 1 aliphatic heterocycles. The van der Waals surface area contributed by atoms with Crippen molar-refractivity contribution in [3.05, 3.63) is 53.4 Å². The van der Waals surface area contributed by atoms with E-state index in [0.717, 1.165) is 31.5 Å². The van der Waals surface area contributed by atoms with Crippen molar-refractivity contribution in [3.63, 3.8) is 0 Å². The number of halogens is 1. The van der Waals surface area contributed by atoms with Gasteiger partial charge in [-0.25, -0.2) is 9.37 Å². The smallest absolute Gasteiger partial charge is 0.124 e. The van der Waals surface area contributed by atoms with Crippen molar-refractivity contribution in [3.8, 4) is 6.07 Å². The first-order chi connectivity index (χ1) is 10.7. The number of hydrogen-bond donors (Lipinski definition) is 0. The number of aromatic nitrogens is 2. The van der Waals surface area contributed by atoms with Crippen LogP contribution in [-0.2, 0) is 19.5 Å². The first kappa shape index (κ1) is 14.7. The van der Waals surface area contributed by atoms with Crippen molar-refractivity contribution in [2.45, 2.75) is 25.9 Å². The Morgan fingerprint density at radius 2 is 2.36 bits per heavy atom. The van der Waals surface area contributed by atoms with E-state index >= 15 is 0 Å². The summed E-state index contributed by atoms with van der Waals surface area (Å²) in [5.74, 6) is 1.39. The second-order valence-electron chi connectivity index (χ2n) is 6.01. The number of fused-ring (bicyclic) bond motifs is 1. The van der Waals surface area contributed by atoms with E-state index in [0.29, 0.717) is 18.0 Å². The van der Waals surface area contributed by atoms with Crippen LogP contribution in [0.25, 0.3) is 0 Å². The van der Waals surface area contributed by atoms with Crippen LogP contribution in [0.3, 0.4) is 0 Å². The first-order valence-electron chi connectivity index (χ1n) is 7.53. The summed E-state index contributed by atoms with van der Waals surface area (Å²) in [5.41, 5.74) is 1.30. The molecule has 5 heteroatoms. The molecule has 2 heterocycles. The Morgan fingerprint density at radius 3 is 3.18 bits per heavy atom. The molecule has 114 valence electrons. The molecule has 0 radical (unpaired) electrons. The number of benzene rings is 1.